The third kappa shape index (κ3) is 4.23. The van der Waals surface area contributed by atoms with Gasteiger partial charge in [-0.05, 0) is 49.1 Å². The number of aliphatic hydroxyl groups excluding tert-OH is 1. The fourth-order valence-electron chi connectivity index (χ4n) is 4.14. The van der Waals surface area contributed by atoms with Crippen molar-refractivity contribution in [2.45, 2.75) is 38.3 Å². The number of carbonyl (C=O) groups is 2. The van der Waals surface area contributed by atoms with Gasteiger partial charge in [0.2, 0.25) is 0 Å². The molecule has 31 heavy (non-hydrogen) atoms. The van der Waals surface area contributed by atoms with Crippen molar-refractivity contribution in [3.63, 3.8) is 0 Å². The zero-order valence-corrected chi connectivity index (χ0v) is 18.0. The monoisotopic (exact) mass is 424 g/mol. The summed E-state index contributed by atoms with van der Waals surface area (Å²) in [6.07, 6.45) is 0.746. The number of ether oxygens (including phenoxy) is 2. The molecule has 2 aromatic carbocycles. The number of nitrogens with one attached hydrogen (secondary N) is 2. The van der Waals surface area contributed by atoms with Gasteiger partial charge in [-0.1, -0.05) is 19.1 Å². The predicted octanol–water partition coefficient (Wildman–Crippen LogP) is 2.47. The second kappa shape index (κ2) is 8.59. The molecule has 3 N–H and O–H groups in total. The summed E-state index contributed by atoms with van der Waals surface area (Å²) in [5.74, 6) is 1.00. The zero-order valence-electron chi connectivity index (χ0n) is 18.0. The summed E-state index contributed by atoms with van der Waals surface area (Å²) in [4.78, 5) is 25.5. The van der Waals surface area contributed by atoms with Crippen LogP contribution in [0, 0.1) is 5.92 Å². The normalized spacial score (nSPS) is 23.5. The van der Waals surface area contributed by atoms with Gasteiger partial charge in [-0.3, -0.25) is 9.59 Å². The van der Waals surface area contributed by atoms with E-state index in [4.69, 9.17) is 14.6 Å². The lowest BCUT2D eigenvalue weighted by atomic mass is 9.86. The van der Waals surface area contributed by atoms with Crippen LogP contribution in [-0.2, 0) is 0 Å². The molecule has 1 heterocycles. The Hall–Kier alpha value is -3.06. The molecule has 0 spiro atoms. The van der Waals surface area contributed by atoms with Crippen molar-refractivity contribution >= 4 is 11.8 Å². The van der Waals surface area contributed by atoms with E-state index >= 15 is 0 Å². The van der Waals surface area contributed by atoms with E-state index in [1.54, 1.807) is 13.1 Å². The number of fused-ring (bicyclic) bond motifs is 1. The van der Waals surface area contributed by atoms with Gasteiger partial charge in [0.25, 0.3) is 11.8 Å². The van der Waals surface area contributed by atoms with Gasteiger partial charge in [0.15, 0.2) is 0 Å². The third-order valence-electron chi connectivity index (χ3n) is 5.96. The number of aliphatic hydroxyl groups is 1. The standard InChI is InChI=1S/C24H28N2O5/c1-13-9-20(13)26-23(28)16-11-18-21(15-5-4-6-17(10-15)30-8-7-27)14(2)31-22(18)19(12-16)24(29)25-3/h4-6,10-14,20-21,27H,7-9H2,1-3H3,(H,25,29)(H,26,28)/t13-,14?,20-,21?/m0/s1. The van der Waals surface area contributed by atoms with E-state index in [2.05, 4.69) is 17.6 Å². The van der Waals surface area contributed by atoms with E-state index in [0.29, 0.717) is 28.5 Å². The molecule has 7 heteroatoms. The maximum absolute atomic E-state index is 12.9. The highest BCUT2D eigenvalue weighted by Gasteiger charge is 2.38. The molecule has 0 radical (unpaired) electrons. The first-order valence-corrected chi connectivity index (χ1v) is 10.6. The molecule has 0 aromatic heterocycles. The Morgan fingerprint density at radius 1 is 1.19 bits per heavy atom. The van der Waals surface area contributed by atoms with Crippen LogP contribution in [0.4, 0.5) is 0 Å². The molecule has 4 rings (SSSR count). The van der Waals surface area contributed by atoms with Crippen LogP contribution in [0.3, 0.4) is 0 Å². The molecule has 0 saturated heterocycles. The lowest BCUT2D eigenvalue weighted by molar-refractivity contribution is 0.0949. The highest BCUT2D eigenvalue weighted by Crippen LogP contribution is 2.45. The Labute approximate surface area is 181 Å². The van der Waals surface area contributed by atoms with Gasteiger partial charge in [0, 0.05) is 30.1 Å². The van der Waals surface area contributed by atoms with E-state index in [0.717, 1.165) is 17.5 Å². The number of hydrogen-bond donors (Lipinski definition) is 3. The molecule has 164 valence electrons. The van der Waals surface area contributed by atoms with E-state index < -0.39 is 0 Å². The Kier molecular flexibility index (Phi) is 5.87. The molecule has 1 aliphatic heterocycles. The van der Waals surface area contributed by atoms with Crippen molar-refractivity contribution in [1.82, 2.24) is 10.6 Å². The molecule has 1 aliphatic carbocycles. The van der Waals surface area contributed by atoms with Crippen LogP contribution in [-0.4, -0.2) is 49.3 Å². The number of hydrogen-bond acceptors (Lipinski definition) is 5. The molecular formula is C24H28N2O5. The van der Waals surface area contributed by atoms with E-state index in [1.807, 2.05) is 37.3 Å². The van der Waals surface area contributed by atoms with Gasteiger partial charge in [-0.2, -0.15) is 0 Å². The summed E-state index contributed by atoms with van der Waals surface area (Å²) >= 11 is 0. The zero-order chi connectivity index (χ0) is 22.1. The molecule has 7 nitrogen and oxygen atoms in total. The quantitative estimate of drug-likeness (QED) is 0.635. The van der Waals surface area contributed by atoms with Gasteiger partial charge in [-0.15, -0.1) is 0 Å². The summed E-state index contributed by atoms with van der Waals surface area (Å²) in [5, 5.41) is 14.7. The Bertz CT molecular complexity index is 1010. The van der Waals surface area contributed by atoms with Crippen molar-refractivity contribution < 1.29 is 24.2 Å². The highest BCUT2D eigenvalue weighted by atomic mass is 16.5. The van der Waals surface area contributed by atoms with Gasteiger partial charge in [0.05, 0.1) is 12.2 Å². The second-order valence-corrected chi connectivity index (χ2v) is 8.26. The first-order chi connectivity index (χ1) is 14.9. The molecule has 2 aromatic rings. The summed E-state index contributed by atoms with van der Waals surface area (Å²) in [6, 6.07) is 11.2. The fraction of sp³-hybridized carbons (Fsp3) is 0.417. The summed E-state index contributed by atoms with van der Waals surface area (Å²) in [5.41, 5.74) is 2.57. The van der Waals surface area contributed by atoms with E-state index in [-0.39, 0.29) is 43.1 Å². The van der Waals surface area contributed by atoms with Crippen LogP contribution in [0.1, 0.15) is 58.0 Å². The lowest BCUT2D eigenvalue weighted by Crippen LogP contribution is -2.27. The SMILES string of the molecule is CNC(=O)c1cc(C(=O)N[C@H]2C[C@@H]2C)cc2c1OC(C)C2c1cccc(OCCO)c1. The maximum Gasteiger partial charge on any atom is 0.254 e. The van der Waals surface area contributed by atoms with E-state index in [9.17, 15) is 9.59 Å². The number of benzene rings is 2. The molecule has 2 unspecified atom stereocenters. The average Bonchev–Trinajstić information content (AvgIpc) is 3.35. The number of amides is 2. The topological polar surface area (TPSA) is 96.9 Å². The van der Waals surface area contributed by atoms with Crippen LogP contribution >= 0.6 is 0 Å². The fourth-order valence-corrected chi connectivity index (χ4v) is 4.14. The summed E-state index contributed by atoms with van der Waals surface area (Å²) in [6.45, 7) is 4.19. The third-order valence-corrected chi connectivity index (χ3v) is 5.96. The minimum absolute atomic E-state index is 0.0659. The van der Waals surface area contributed by atoms with Gasteiger partial charge < -0.3 is 25.2 Å². The lowest BCUT2D eigenvalue weighted by Gasteiger charge is -2.17. The average molecular weight is 424 g/mol. The highest BCUT2D eigenvalue weighted by molar-refractivity contribution is 6.02. The largest absolute Gasteiger partial charge is 0.491 e. The number of rotatable bonds is 7. The summed E-state index contributed by atoms with van der Waals surface area (Å²) < 4.78 is 11.7. The first-order valence-electron chi connectivity index (χ1n) is 10.6. The van der Waals surface area contributed by atoms with Gasteiger partial charge in [-0.25, -0.2) is 0 Å². The smallest absolute Gasteiger partial charge is 0.254 e. The molecule has 2 amide bonds. The first kappa shape index (κ1) is 21.2. The van der Waals surface area contributed by atoms with Crippen molar-refractivity contribution in [1.29, 1.82) is 0 Å². The molecule has 1 fully saturated rings. The van der Waals surface area contributed by atoms with Crippen molar-refractivity contribution in [3.8, 4) is 11.5 Å². The minimum Gasteiger partial charge on any atom is -0.491 e. The van der Waals surface area contributed by atoms with Crippen molar-refractivity contribution in [3.05, 3.63) is 58.7 Å². The molecule has 1 saturated carbocycles. The Morgan fingerprint density at radius 3 is 2.65 bits per heavy atom. The minimum atomic E-state index is -0.293. The second-order valence-electron chi connectivity index (χ2n) is 8.26. The van der Waals surface area contributed by atoms with Crippen LogP contribution < -0.4 is 20.1 Å². The van der Waals surface area contributed by atoms with Crippen molar-refractivity contribution in [2.75, 3.05) is 20.3 Å². The predicted molar refractivity (Wildman–Crippen MR) is 116 cm³/mol. The Balaban J connectivity index is 1.74. The van der Waals surface area contributed by atoms with Gasteiger partial charge in [0.1, 0.15) is 24.2 Å². The Morgan fingerprint density at radius 2 is 1.97 bits per heavy atom. The van der Waals surface area contributed by atoms with Crippen LogP contribution in [0.2, 0.25) is 0 Å². The van der Waals surface area contributed by atoms with Gasteiger partial charge >= 0.3 is 0 Å². The summed E-state index contributed by atoms with van der Waals surface area (Å²) in [7, 11) is 1.56. The molecular weight excluding hydrogens is 396 g/mol. The maximum atomic E-state index is 12.9. The molecule has 0 bridgehead atoms. The van der Waals surface area contributed by atoms with E-state index in [1.165, 1.54) is 0 Å². The molecule has 2 aliphatic rings. The number of carbonyl (C=O) groups excluding carboxylic acids is 2. The van der Waals surface area contributed by atoms with Crippen molar-refractivity contribution in [2.24, 2.45) is 5.92 Å². The van der Waals surface area contributed by atoms with Crippen LogP contribution in [0.5, 0.6) is 11.5 Å². The van der Waals surface area contributed by atoms with Crippen LogP contribution in [0.15, 0.2) is 36.4 Å². The van der Waals surface area contributed by atoms with Crippen LogP contribution in [0.25, 0.3) is 0 Å². The molecule has 4 atom stereocenters.